The maximum absolute atomic E-state index is 11.4. The molecule has 1 saturated carbocycles. The normalized spacial score (nSPS) is 22.9. The van der Waals surface area contributed by atoms with Gasteiger partial charge in [-0.05, 0) is 42.5 Å². The number of hydrogen-bond acceptors (Lipinski definition) is 3. The second kappa shape index (κ2) is 4.90. The lowest BCUT2D eigenvalue weighted by molar-refractivity contribution is 0.476. The molecule has 0 aliphatic heterocycles. The minimum absolute atomic E-state index is 0.315. The van der Waals surface area contributed by atoms with E-state index in [0.717, 1.165) is 18.0 Å². The van der Waals surface area contributed by atoms with E-state index >= 15 is 0 Å². The van der Waals surface area contributed by atoms with Gasteiger partial charge < -0.3 is 15.3 Å². The van der Waals surface area contributed by atoms with Crippen molar-refractivity contribution in [2.45, 2.75) is 26.3 Å². The standard InChI is InChI=1S/C15H19N3O2/c1-3-16-13(10-6-8(10)2)9-4-5-11-12(7-9)18-15(20)14(19)17-11/h4-5,7-8,10,13,16H,3,6H2,1-2H3,(H,17,19)(H,18,20). The van der Waals surface area contributed by atoms with E-state index in [9.17, 15) is 9.59 Å². The smallest absolute Gasteiger partial charge is 0.314 e. The summed E-state index contributed by atoms with van der Waals surface area (Å²) in [5, 5.41) is 3.52. The minimum atomic E-state index is -0.607. The lowest BCUT2D eigenvalue weighted by atomic mass is 10.0. The Morgan fingerprint density at radius 2 is 1.90 bits per heavy atom. The lowest BCUT2D eigenvalue weighted by Crippen LogP contribution is -2.29. The Morgan fingerprint density at radius 1 is 1.25 bits per heavy atom. The first-order valence-electron chi connectivity index (χ1n) is 7.09. The van der Waals surface area contributed by atoms with E-state index in [4.69, 9.17) is 0 Å². The zero-order valence-corrected chi connectivity index (χ0v) is 11.7. The molecule has 0 spiro atoms. The van der Waals surface area contributed by atoms with Gasteiger partial charge in [0.15, 0.2) is 0 Å². The predicted molar refractivity (Wildman–Crippen MR) is 78.9 cm³/mol. The number of H-pyrrole nitrogens is 2. The van der Waals surface area contributed by atoms with Crippen molar-refractivity contribution in [2.24, 2.45) is 11.8 Å². The third-order valence-electron chi connectivity index (χ3n) is 4.13. The van der Waals surface area contributed by atoms with E-state index in [-0.39, 0.29) is 0 Å². The number of aromatic nitrogens is 2. The summed E-state index contributed by atoms with van der Waals surface area (Å²) in [6, 6.07) is 6.16. The Hall–Kier alpha value is -1.88. The van der Waals surface area contributed by atoms with Gasteiger partial charge in [0.25, 0.3) is 0 Å². The monoisotopic (exact) mass is 273 g/mol. The fraction of sp³-hybridized carbons (Fsp3) is 0.467. The quantitative estimate of drug-likeness (QED) is 0.739. The maximum Gasteiger partial charge on any atom is 0.314 e. The number of hydrogen-bond donors (Lipinski definition) is 3. The van der Waals surface area contributed by atoms with E-state index in [0.29, 0.717) is 23.0 Å². The zero-order chi connectivity index (χ0) is 14.3. The number of benzene rings is 1. The van der Waals surface area contributed by atoms with Crippen molar-refractivity contribution in [3.63, 3.8) is 0 Å². The minimum Gasteiger partial charge on any atom is -0.316 e. The highest BCUT2D eigenvalue weighted by Gasteiger charge is 2.39. The molecular weight excluding hydrogens is 254 g/mol. The third kappa shape index (κ3) is 2.29. The summed E-state index contributed by atoms with van der Waals surface area (Å²) in [5.41, 5.74) is 1.30. The van der Waals surface area contributed by atoms with Crippen LogP contribution < -0.4 is 16.4 Å². The van der Waals surface area contributed by atoms with Gasteiger partial charge in [0, 0.05) is 6.04 Å². The summed E-state index contributed by atoms with van der Waals surface area (Å²) in [4.78, 5) is 28.0. The Morgan fingerprint density at radius 3 is 2.50 bits per heavy atom. The molecular formula is C15H19N3O2. The fourth-order valence-corrected chi connectivity index (χ4v) is 2.88. The first-order chi connectivity index (χ1) is 9.60. The molecule has 3 unspecified atom stereocenters. The molecule has 5 heteroatoms. The molecule has 1 aliphatic rings. The van der Waals surface area contributed by atoms with E-state index < -0.39 is 11.1 Å². The molecule has 0 bridgehead atoms. The highest BCUT2D eigenvalue weighted by molar-refractivity contribution is 5.74. The van der Waals surface area contributed by atoms with Crippen LogP contribution >= 0.6 is 0 Å². The Labute approximate surface area is 116 Å². The van der Waals surface area contributed by atoms with Crippen LogP contribution in [0, 0.1) is 11.8 Å². The van der Waals surface area contributed by atoms with Crippen LogP contribution in [0.15, 0.2) is 27.8 Å². The molecule has 3 atom stereocenters. The van der Waals surface area contributed by atoms with Crippen LogP contribution in [-0.2, 0) is 0 Å². The fourth-order valence-electron chi connectivity index (χ4n) is 2.88. The molecule has 5 nitrogen and oxygen atoms in total. The molecule has 1 aromatic heterocycles. The van der Waals surface area contributed by atoms with Crippen molar-refractivity contribution < 1.29 is 0 Å². The highest BCUT2D eigenvalue weighted by atomic mass is 16.2. The summed E-state index contributed by atoms with van der Waals surface area (Å²) < 4.78 is 0. The number of nitrogens with one attached hydrogen (secondary N) is 3. The predicted octanol–water partition coefficient (Wildman–Crippen LogP) is 1.52. The SMILES string of the molecule is CCNC(c1ccc2[nH]c(=O)c(=O)[nH]c2c1)C1CC1C. The highest BCUT2D eigenvalue weighted by Crippen LogP contribution is 2.47. The van der Waals surface area contributed by atoms with Crippen molar-refractivity contribution in [1.29, 1.82) is 0 Å². The van der Waals surface area contributed by atoms with E-state index in [2.05, 4.69) is 29.1 Å². The molecule has 3 N–H and O–H groups in total. The average molecular weight is 273 g/mol. The molecule has 1 fully saturated rings. The molecule has 0 amide bonds. The zero-order valence-electron chi connectivity index (χ0n) is 11.7. The van der Waals surface area contributed by atoms with Gasteiger partial charge >= 0.3 is 11.1 Å². The van der Waals surface area contributed by atoms with Gasteiger partial charge in [-0.15, -0.1) is 0 Å². The Bertz CT molecular complexity index is 747. The summed E-state index contributed by atoms with van der Waals surface area (Å²) in [6.07, 6.45) is 1.23. The molecule has 1 aromatic carbocycles. The van der Waals surface area contributed by atoms with Gasteiger partial charge in [-0.3, -0.25) is 9.59 Å². The summed E-state index contributed by atoms with van der Waals surface area (Å²) >= 11 is 0. The van der Waals surface area contributed by atoms with Crippen LogP contribution in [0.5, 0.6) is 0 Å². The molecule has 106 valence electrons. The van der Waals surface area contributed by atoms with Crippen LogP contribution in [0.2, 0.25) is 0 Å². The summed E-state index contributed by atoms with van der Waals surface area (Å²) in [7, 11) is 0. The van der Waals surface area contributed by atoms with Crippen LogP contribution in [-0.4, -0.2) is 16.5 Å². The van der Waals surface area contributed by atoms with E-state index in [1.54, 1.807) is 0 Å². The van der Waals surface area contributed by atoms with Gasteiger partial charge in [-0.25, -0.2) is 0 Å². The first kappa shape index (κ1) is 13.1. The topological polar surface area (TPSA) is 77.8 Å². The lowest BCUT2D eigenvalue weighted by Gasteiger charge is -2.18. The Kier molecular flexibility index (Phi) is 3.22. The van der Waals surface area contributed by atoms with Crippen LogP contribution in [0.3, 0.4) is 0 Å². The van der Waals surface area contributed by atoms with Crippen LogP contribution in [0.1, 0.15) is 31.9 Å². The second-order valence-electron chi connectivity index (χ2n) is 5.63. The average Bonchev–Trinajstić information content (AvgIpc) is 3.14. The van der Waals surface area contributed by atoms with Crippen molar-refractivity contribution in [2.75, 3.05) is 6.54 Å². The first-order valence-corrected chi connectivity index (χ1v) is 7.09. The largest absolute Gasteiger partial charge is 0.316 e. The third-order valence-corrected chi connectivity index (χ3v) is 4.13. The van der Waals surface area contributed by atoms with Gasteiger partial charge in [-0.2, -0.15) is 0 Å². The number of fused-ring (bicyclic) bond motifs is 1. The van der Waals surface area contributed by atoms with Crippen LogP contribution in [0.25, 0.3) is 11.0 Å². The molecule has 1 heterocycles. The van der Waals surface area contributed by atoms with Gasteiger partial charge in [0.1, 0.15) is 0 Å². The van der Waals surface area contributed by atoms with Crippen LogP contribution in [0.4, 0.5) is 0 Å². The second-order valence-corrected chi connectivity index (χ2v) is 5.63. The molecule has 0 radical (unpaired) electrons. The van der Waals surface area contributed by atoms with Crippen molar-refractivity contribution >= 4 is 11.0 Å². The van der Waals surface area contributed by atoms with Crippen molar-refractivity contribution in [3.8, 4) is 0 Å². The van der Waals surface area contributed by atoms with Gasteiger partial charge in [-0.1, -0.05) is 19.9 Å². The molecule has 3 rings (SSSR count). The molecule has 0 saturated heterocycles. The summed E-state index contributed by atoms with van der Waals surface area (Å²) in [6.45, 7) is 5.27. The molecule has 1 aliphatic carbocycles. The summed E-state index contributed by atoms with van der Waals surface area (Å²) in [5.74, 6) is 1.39. The number of rotatable bonds is 4. The molecule has 20 heavy (non-hydrogen) atoms. The van der Waals surface area contributed by atoms with Gasteiger partial charge in [0.2, 0.25) is 0 Å². The molecule has 2 aromatic rings. The van der Waals surface area contributed by atoms with Crippen molar-refractivity contribution in [3.05, 3.63) is 44.5 Å². The van der Waals surface area contributed by atoms with Crippen molar-refractivity contribution in [1.82, 2.24) is 15.3 Å². The van der Waals surface area contributed by atoms with Gasteiger partial charge in [0.05, 0.1) is 11.0 Å². The van der Waals surface area contributed by atoms with E-state index in [1.165, 1.54) is 6.42 Å². The Balaban J connectivity index is 2.04. The van der Waals surface area contributed by atoms with E-state index in [1.807, 2.05) is 18.2 Å². The maximum atomic E-state index is 11.4. The number of aromatic amines is 2.